The van der Waals surface area contributed by atoms with Crippen LogP contribution in [0.4, 0.5) is 0 Å². The molecule has 2 rings (SSSR count). The Kier molecular flexibility index (Phi) is 6.81. The van der Waals surface area contributed by atoms with E-state index in [2.05, 4.69) is 16.8 Å². The van der Waals surface area contributed by atoms with Crippen molar-refractivity contribution in [2.45, 2.75) is 5.75 Å². The van der Waals surface area contributed by atoms with Gasteiger partial charge in [-0.3, -0.25) is 4.79 Å². The number of thiophene rings is 1. The Morgan fingerprint density at radius 2 is 2.14 bits per heavy atom. The summed E-state index contributed by atoms with van der Waals surface area (Å²) in [4.78, 5) is 13.0. The van der Waals surface area contributed by atoms with E-state index < -0.39 is 0 Å². The van der Waals surface area contributed by atoms with Crippen molar-refractivity contribution in [2.75, 3.05) is 18.9 Å². The Balaban J connectivity index is 1.56. The molecular weight excluding hydrogens is 316 g/mol. The Morgan fingerprint density at radius 3 is 2.82 bits per heavy atom. The smallest absolute Gasteiger partial charge is 0.257 e. The highest BCUT2D eigenvalue weighted by molar-refractivity contribution is 7.98. The second kappa shape index (κ2) is 9.13. The van der Waals surface area contributed by atoms with Gasteiger partial charge in [-0.05, 0) is 35.7 Å². The van der Waals surface area contributed by atoms with Gasteiger partial charge < -0.3 is 10.1 Å². The van der Waals surface area contributed by atoms with E-state index >= 15 is 0 Å². The number of ether oxygens (including phenoxy) is 1. The van der Waals surface area contributed by atoms with Crippen LogP contribution in [0.2, 0.25) is 0 Å². The lowest BCUT2D eigenvalue weighted by Crippen LogP contribution is -2.30. The maximum absolute atomic E-state index is 11.6. The van der Waals surface area contributed by atoms with Crippen LogP contribution in [-0.4, -0.2) is 24.8 Å². The van der Waals surface area contributed by atoms with Gasteiger partial charge in [0.1, 0.15) is 5.75 Å². The predicted molar refractivity (Wildman–Crippen MR) is 90.1 cm³/mol. The summed E-state index contributed by atoms with van der Waals surface area (Å²) in [5.41, 5.74) is 0.569. The van der Waals surface area contributed by atoms with Gasteiger partial charge in [-0.2, -0.15) is 17.0 Å². The number of thioether (sulfide) groups is 1. The average Bonchev–Trinajstić information content (AvgIpc) is 3.06. The zero-order valence-electron chi connectivity index (χ0n) is 12.0. The van der Waals surface area contributed by atoms with E-state index in [0.29, 0.717) is 17.9 Å². The van der Waals surface area contributed by atoms with Crippen LogP contribution in [-0.2, 0) is 10.5 Å². The van der Waals surface area contributed by atoms with E-state index in [0.717, 1.165) is 11.5 Å². The summed E-state index contributed by atoms with van der Waals surface area (Å²) in [6, 6.07) is 12.9. The zero-order valence-corrected chi connectivity index (χ0v) is 13.6. The molecule has 0 aliphatic heterocycles. The molecule has 0 saturated carbocycles. The first-order chi connectivity index (χ1) is 10.8. The monoisotopic (exact) mass is 332 g/mol. The SMILES string of the molecule is N#Cc1ccc(OCC(=O)NCCSCc2cccs2)cc1. The topological polar surface area (TPSA) is 62.1 Å². The van der Waals surface area contributed by atoms with Crippen molar-refractivity contribution in [3.05, 3.63) is 52.2 Å². The van der Waals surface area contributed by atoms with Gasteiger partial charge in [0.05, 0.1) is 11.6 Å². The number of carbonyl (C=O) groups excluding carboxylic acids is 1. The number of amides is 1. The fraction of sp³-hybridized carbons (Fsp3) is 0.250. The van der Waals surface area contributed by atoms with Gasteiger partial charge in [0.25, 0.3) is 5.91 Å². The molecule has 1 heterocycles. The molecule has 0 spiro atoms. The number of hydrogen-bond acceptors (Lipinski definition) is 5. The Labute approximate surface area is 138 Å². The summed E-state index contributed by atoms with van der Waals surface area (Å²) in [6.45, 7) is 0.618. The van der Waals surface area contributed by atoms with Crippen molar-refractivity contribution in [1.29, 1.82) is 5.26 Å². The van der Waals surface area contributed by atoms with Gasteiger partial charge in [-0.25, -0.2) is 0 Å². The molecule has 1 N–H and O–H groups in total. The van der Waals surface area contributed by atoms with Crippen LogP contribution in [0.1, 0.15) is 10.4 Å². The molecule has 1 aromatic heterocycles. The molecule has 0 aliphatic rings. The van der Waals surface area contributed by atoms with E-state index in [1.807, 2.05) is 12.1 Å². The summed E-state index contributed by atoms with van der Waals surface area (Å²) in [6.07, 6.45) is 0. The normalized spacial score (nSPS) is 9.95. The highest BCUT2D eigenvalue weighted by Gasteiger charge is 2.02. The third kappa shape index (κ3) is 5.80. The highest BCUT2D eigenvalue weighted by Crippen LogP contribution is 2.16. The van der Waals surface area contributed by atoms with Crippen LogP contribution in [0.5, 0.6) is 5.75 Å². The predicted octanol–water partition coefficient (Wildman–Crippen LogP) is 3.05. The van der Waals surface area contributed by atoms with Crippen LogP contribution in [0.25, 0.3) is 0 Å². The molecule has 1 aromatic carbocycles. The lowest BCUT2D eigenvalue weighted by molar-refractivity contribution is -0.122. The number of nitrogens with zero attached hydrogens (tertiary/aromatic N) is 1. The third-order valence-corrected chi connectivity index (χ3v) is 4.81. The second-order valence-electron chi connectivity index (χ2n) is 4.41. The number of nitrogens with one attached hydrogen (secondary N) is 1. The van der Waals surface area contributed by atoms with E-state index in [1.165, 1.54) is 4.88 Å². The fourth-order valence-electron chi connectivity index (χ4n) is 1.66. The number of carbonyl (C=O) groups is 1. The lowest BCUT2D eigenvalue weighted by atomic mass is 10.2. The summed E-state index contributed by atoms with van der Waals surface area (Å²) in [7, 11) is 0. The summed E-state index contributed by atoms with van der Waals surface area (Å²) >= 11 is 3.54. The number of nitriles is 1. The minimum atomic E-state index is -0.138. The first kappa shape index (κ1) is 16.4. The molecule has 0 aliphatic carbocycles. The molecule has 0 saturated heterocycles. The molecule has 1 amide bonds. The van der Waals surface area contributed by atoms with E-state index in [-0.39, 0.29) is 12.5 Å². The Bertz CT molecular complexity index is 619. The molecule has 22 heavy (non-hydrogen) atoms. The van der Waals surface area contributed by atoms with Crippen LogP contribution >= 0.6 is 23.1 Å². The van der Waals surface area contributed by atoms with Crippen molar-refractivity contribution in [3.63, 3.8) is 0 Å². The molecular formula is C16H16N2O2S2. The molecule has 0 radical (unpaired) electrons. The van der Waals surface area contributed by atoms with Crippen molar-refractivity contribution in [3.8, 4) is 11.8 Å². The first-order valence-corrected chi connectivity index (χ1v) is 8.81. The number of hydrogen-bond donors (Lipinski definition) is 1. The van der Waals surface area contributed by atoms with Crippen molar-refractivity contribution in [2.24, 2.45) is 0 Å². The van der Waals surface area contributed by atoms with Gasteiger partial charge in [0.15, 0.2) is 6.61 Å². The highest BCUT2D eigenvalue weighted by atomic mass is 32.2. The zero-order chi connectivity index (χ0) is 15.6. The fourth-order valence-corrected chi connectivity index (χ4v) is 3.36. The summed E-state index contributed by atoms with van der Waals surface area (Å²) < 4.78 is 5.36. The quantitative estimate of drug-likeness (QED) is 0.755. The number of rotatable bonds is 8. The minimum absolute atomic E-state index is 0.0124. The maximum atomic E-state index is 11.6. The second-order valence-corrected chi connectivity index (χ2v) is 6.54. The molecule has 0 bridgehead atoms. The standard InChI is InChI=1S/C16H16N2O2S2/c17-10-13-3-5-14(6-4-13)20-11-16(19)18-7-9-21-12-15-2-1-8-22-15/h1-6,8H,7,9,11-12H2,(H,18,19). The van der Waals surface area contributed by atoms with Gasteiger partial charge in [0.2, 0.25) is 0 Å². The summed E-state index contributed by atoms with van der Waals surface area (Å²) in [5, 5.41) is 13.6. The van der Waals surface area contributed by atoms with Crippen LogP contribution in [0.3, 0.4) is 0 Å². The van der Waals surface area contributed by atoms with E-state index in [9.17, 15) is 4.79 Å². The van der Waals surface area contributed by atoms with Crippen molar-refractivity contribution < 1.29 is 9.53 Å². The maximum Gasteiger partial charge on any atom is 0.257 e. The molecule has 2 aromatic rings. The molecule has 0 atom stereocenters. The molecule has 0 unspecified atom stereocenters. The third-order valence-electron chi connectivity index (χ3n) is 2.75. The van der Waals surface area contributed by atoms with Crippen molar-refractivity contribution >= 4 is 29.0 Å². The summed E-state index contributed by atoms with van der Waals surface area (Å²) in [5.74, 6) is 2.30. The molecule has 0 fully saturated rings. The van der Waals surface area contributed by atoms with Crippen LogP contribution in [0, 0.1) is 11.3 Å². The van der Waals surface area contributed by atoms with E-state index in [1.54, 1.807) is 47.4 Å². The molecule has 4 nitrogen and oxygen atoms in total. The Morgan fingerprint density at radius 1 is 1.32 bits per heavy atom. The Hall–Kier alpha value is -1.97. The van der Waals surface area contributed by atoms with Gasteiger partial charge in [-0.1, -0.05) is 6.07 Å². The minimum Gasteiger partial charge on any atom is -0.484 e. The van der Waals surface area contributed by atoms with Gasteiger partial charge in [0, 0.05) is 22.9 Å². The van der Waals surface area contributed by atoms with E-state index in [4.69, 9.17) is 10.00 Å². The molecule has 114 valence electrons. The van der Waals surface area contributed by atoms with Crippen molar-refractivity contribution in [1.82, 2.24) is 5.32 Å². The lowest BCUT2D eigenvalue weighted by Gasteiger charge is -2.07. The average molecular weight is 332 g/mol. The molecule has 6 heteroatoms. The van der Waals surface area contributed by atoms with Gasteiger partial charge >= 0.3 is 0 Å². The van der Waals surface area contributed by atoms with Gasteiger partial charge in [-0.15, -0.1) is 11.3 Å². The number of benzene rings is 1. The van der Waals surface area contributed by atoms with Crippen LogP contribution < -0.4 is 10.1 Å². The largest absolute Gasteiger partial charge is 0.484 e. The van der Waals surface area contributed by atoms with Crippen LogP contribution in [0.15, 0.2) is 41.8 Å². The first-order valence-electron chi connectivity index (χ1n) is 6.78.